The van der Waals surface area contributed by atoms with Gasteiger partial charge in [-0.05, 0) is 37.3 Å². The highest BCUT2D eigenvalue weighted by Gasteiger charge is 2.26. The van der Waals surface area contributed by atoms with E-state index in [0.717, 1.165) is 51.1 Å². The summed E-state index contributed by atoms with van der Waals surface area (Å²) in [7, 11) is 1.63. The molecule has 1 aliphatic heterocycles. The molecule has 0 aromatic carbocycles. The highest BCUT2D eigenvalue weighted by molar-refractivity contribution is 5.77. The molecule has 1 N–H and O–H groups in total. The zero-order valence-corrected chi connectivity index (χ0v) is 17.0. The van der Waals surface area contributed by atoms with Crippen molar-refractivity contribution >= 4 is 23.2 Å². The number of piperidine rings is 1. The van der Waals surface area contributed by atoms with E-state index in [1.54, 1.807) is 13.2 Å². The number of aromatic nitrogens is 5. The normalized spacial score (nSPS) is 17.0. The number of nitrogens with one attached hydrogen (secondary N) is 1. The predicted molar refractivity (Wildman–Crippen MR) is 109 cm³/mol. The molecule has 154 valence electrons. The molecule has 1 aliphatic rings. The van der Waals surface area contributed by atoms with Gasteiger partial charge in [-0.3, -0.25) is 4.79 Å². The SMILES string of the molecule is CCCn1nc(CC(=O)NC)nc1CC1CCCN(c2nc3ncccc3o2)C1. The second-order valence-electron chi connectivity index (χ2n) is 7.50. The van der Waals surface area contributed by atoms with Crippen LogP contribution in [0, 0.1) is 5.92 Å². The van der Waals surface area contributed by atoms with E-state index in [9.17, 15) is 4.79 Å². The van der Waals surface area contributed by atoms with Gasteiger partial charge in [-0.2, -0.15) is 10.1 Å². The summed E-state index contributed by atoms with van der Waals surface area (Å²) in [6.45, 7) is 4.71. The molecule has 0 aliphatic carbocycles. The van der Waals surface area contributed by atoms with E-state index >= 15 is 0 Å². The number of pyridine rings is 1. The van der Waals surface area contributed by atoms with E-state index in [1.807, 2.05) is 16.8 Å². The predicted octanol–water partition coefficient (Wildman–Crippen LogP) is 1.97. The number of anilines is 1. The molecule has 4 heterocycles. The molecule has 0 spiro atoms. The Balaban J connectivity index is 1.48. The molecular weight excluding hydrogens is 370 g/mol. The summed E-state index contributed by atoms with van der Waals surface area (Å²) in [6, 6.07) is 4.38. The maximum atomic E-state index is 11.7. The van der Waals surface area contributed by atoms with Crippen LogP contribution in [0.2, 0.25) is 0 Å². The number of carbonyl (C=O) groups is 1. The highest BCUT2D eigenvalue weighted by Crippen LogP contribution is 2.27. The summed E-state index contributed by atoms with van der Waals surface area (Å²) in [5.41, 5.74) is 1.36. The summed E-state index contributed by atoms with van der Waals surface area (Å²) >= 11 is 0. The van der Waals surface area contributed by atoms with Gasteiger partial charge in [-0.25, -0.2) is 14.6 Å². The second-order valence-corrected chi connectivity index (χ2v) is 7.50. The van der Waals surface area contributed by atoms with Gasteiger partial charge < -0.3 is 14.6 Å². The smallest absolute Gasteiger partial charge is 0.299 e. The number of hydrogen-bond donors (Lipinski definition) is 1. The first kappa shape index (κ1) is 19.4. The minimum atomic E-state index is -0.0707. The molecule has 4 rings (SSSR count). The molecule has 0 radical (unpaired) electrons. The van der Waals surface area contributed by atoms with E-state index < -0.39 is 0 Å². The van der Waals surface area contributed by atoms with Crippen molar-refractivity contribution < 1.29 is 9.21 Å². The van der Waals surface area contributed by atoms with Gasteiger partial charge >= 0.3 is 0 Å². The highest BCUT2D eigenvalue weighted by atomic mass is 16.4. The zero-order chi connectivity index (χ0) is 20.2. The fraction of sp³-hybridized carbons (Fsp3) is 0.550. The summed E-state index contributed by atoms with van der Waals surface area (Å²) in [6.07, 6.45) is 5.94. The minimum absolute atomic E-state index is 0.0707. The van der Waals surface area contributed by atoms with Crippen molar-refractivity contribution in [1.29, 1.82) is 0 Å². The molecule has 1 atom stereocenters. The molecule has 29 heavy (non-hydrogen) atoms. The third kappa shape index (κ3) is 4.38. The van der Waals surface area contributed by atoms with Gasteiger partial charge in [0.15, 0.2) is 11.4 Å². The molecule has 1 amide bonds. The lowest BCUT2D eigenvalue weighted by molar-refractivity contribution is -0.120. The Morgan fingerprint density at radius 3 is 3.07 bits per heavy atom. The van der Waals surface area contributed by atoms with E-state index in [-0.39, 0.29) is 12.3 Å². The monoisotopic (exact) mass is 397 g/mol. The largest absolute Gasteiger partial charge is 0.422 e. The van der Waals surface area contributed by atoms with Gasteiger partial charge in [0.1, 0.15) is 5.82 Å². The van der Waals surface area contributed by atoms with Gasteiger partial charge in [0.2, 0.25) is 11.6 Å². The van der Waals surface area contributed by atoms with Gasteiger partial charge in [-0.15, -0.1) is 0 Å². The van der Waals surface area contributed by atoms with Gasteiger partial charge in [0.05, 0.1) is 6.42 Å². The van der Waals surface area contributed by atoms with E-state index in [4.69, 9.17) is 4.42 Å². The van der Waals surface area contributed by atoms with Crippen LogP contribution in [-0.4, -0.2) is 50.8 Å². The van der Waals surface area contributed by atoms with Gasteiger partial charge in [0.25, 0.3) is 6.01 Å². The molecule has 1 saturated heterocycles. The first-order chi connectivity index (χ1) is 14.2. The molecule has 0 bridgehead atoms. The van der Waals surface area contributed by atoms with Crippen LogP contribution < -0.4 is 10.2 Å². The Labute approximate surface area is 169 Å². The van der Waals surface area contributed by atoms with Crippen molar-refractivity contribution in [2.24, 2.45) is 5.92 Å². The fourth-order valence-corrected chi connectivity index (χ4v) is 3.83. The summed E-state index contributed by atoms with van der Waals surface area (Å²) in [5.74, 6) is 1.90. The number of likely N-dealkylation sites (N-methyl/N-ethyl adjacent to an activating group) is 1. The maximum absolute atomic E-state index is 11.7. The number of rotatable bonds is 7. The molecular formula is C20H27N7O2. The average molecular weight is 397 g/mol. The number of carbonyl (C=O) groups excluding carboxylic acids is 1. The van der Waals surface area contributed by atoms with E-state index in [0.29, 0.717) is 29.0 Å². The Morgan fingerprint density at radius 1 is 1.38 bits per heavy atom. The number of aryl methyl sites for hydroxylation is 1. The summed E-state index contributed by atoms with van der Waals surface area (Å²) < 4.78 is 7.86. The molecule has 3 aromatic heterocycles. The van der Waals surface area contributed by atoms with Crippen LogP contribution in [0.15, 0.2) is 22.7 Å². The average Bonchev–Trinajstić information content (AvgIpc) is 3.32. The molecule has 3 aromatic rings. The number of hydrogen-bond acceptors (Lipinski definition) is 7. The molecule has 0 saturated carbocycles. The lowest BCUT2D eigenvalue weighted by Crippen LogP contribution is -2.36. The molecule has 9 heteroatoms. The van der Waals surface area contributed by atoms with Crippen LogP contribution >= 0.6 is 0 Å². The molecule has 1 unspecified atom stereocenters. The van der Waals surface area contributed by atoms with Crippen LogP contribution in [0.3, 0.4) is 0 Å². The third-order valence-electron chi connectivity index (χ3n) is 5.24. The maximum Gasteiger partial charge on any atom is 0.299 e. The Hall–Kier alpha value is -2.97. The first-order valence-corrected chi connectivity index (χ1v) is 10.3. The number of oxazole rings is 1. The van der Waals surface area contributed by atoms with Gasteiger partial charge in [0, 0.05) is 39.3 Å². The lowest BCUT2D eigenvalue weighted by Gasteiger charge is -2.31. The second kappa shape index (κ2) is 8.59. The number of fused-ring (bicyclic) bond motifs is 1. The number of nitrogens with zero attached hydrogens (tertiary/aromatic N) is 6. The molecule has 9 nitrogen and oxygen atoms in total. The Bertz CT molecular complexity index is 947. The van der Waals surface area contributed by atoms with E-state index in [1.165, 1.54) is 0 Å². The lowest BCUT2D eigenvalue weighted by atomic mass is 9.94. The van der Waals surface area contributed by atoms with Crippen LogP contribution in [0.25, 0.3) is 11.2 Å². The van der Waals surface area contributed by atoms with Crippen LogP contribution in [0.5, 0.6) is 0 Å². The van der Waals surface area contributed by atoms with Crippen LogP contribution in [0.1, 0.15) is 37.8 Å². The van der Waals surface area contributed by atoms with Crippen molar-refractivity contribution in [2.75, 3.05) is 25.0 Å². The zero-order valence-electron chi connectivity index (χ0n) is 17.0. The summed E-state index contributed by atoms with van der Waals surface area (Å²) in [4.78, 5) is 27.4. The fourth-order valence-electron chi connectivity index (χ4n) is 3.83. The topological polar surface area (TPSA) is 102 Å². The number of amides is 1. The quantitative estimate of drug-likeness (QED) is 0.650. The van der Waals surface area contributed by atoms with Crippen molar-refractivity contribution in [3.63, 3.8) is 0 Å². The Morgan fingerprint density at radius 2 is 2.28 bits per heavy atom. The van der Waals surface area contributed by atoms with Crippen LogP contribution in [0.4, 0.5) is 6.01 Å². The minimum Gasteiger partial charge on any atom is -0.422 e. The van der Waals surface area contributed by atoms with Crippen molar-refractivity contribution in [3.8, 4) is 0 Å². The summed E-state index contributed by atoms with van der Waals surface area (Å²) in [5, 5.41) is 7.18. The first-order valence-electron chi connectivity index (χ1n) is 10.3. The van der Waals surface area contributed by atoms with E-state index in [2.05, 4.69) is 37.2 Å². The van der Waals surface area contributed by atoms with Crippen molar-refractivity contribution in [3.05, 3.63) is 30.0 Å². The van der Waals surface area contributed by atoms with Crippen molar-refractivity contribution in [1.82, 2.24) is 30.0 Å². The molecule has 1 fully saturated rings. The van der Waals surface area contributed by atoms with Crippen LogP contribution in [-0.2, 0) is 24.2 Å². The Kier molecular flexibility index (Phi) is 5.73. The standard InChI is InChI=1S/C20H27N7O2/c1-3-9-27-17(23-16(25-27)12-18(28)21-2)11-14-6-5-10-26(13-14)20-24-19-15(29-20)7-4-8-22-19/h4,7-8,14H,3,5-6,9-13H2,1-2H3,(H,21,28). The third-order valence-corrected chi connectivity index (χ3v) is 5.24. The van der Waals surface area contributed by atoms with Crippen molar-refractivity contribution in [2.45, 2.75) is 45.6 Å². The van der Waals surface area contributed by atoms with Gasteiger partial charge in [-0.1, -0.05) is 6.92 Å².